The van der Waals surface area contributed by atoms with Gasteiger partial charge < -0.3 is 14.6 Å². The number of likely N-dealkylation sites (tertiary alicyclic amines) is 1. The van der Waals surface area contributed by atoms with Crippen molar-refractivity contribution in [3.63, 3.8) is 0 Å². The smallest absolute Gasteiger partial charge is 0.412 e. The lowest BCUT2D eigenvalue weighted by molar-refractivity contribution is -0.153. The zero-order chi connectivity index (χ0) is 13.9. The standard InChI is InChI=1S/C12H21NO5/c1-5-17-10(15)8-6-7-13(9(8)14)11(16)18-12(2,3)4/h8-9,14H,5-7H2,1-4H3. The first kappa shape index (κ1) is 14.8. The first-order valence-electron chi connectivity index (χ1n) is 6.10. The van der Waals surface area contributed by atoms with Crippen LogP contribution in [0.3, 0.4) is 0 Å². The van der Waals surface area contributed by atoms with Crippen molar-refractivity contribution in [3.8, 4) is 0 Å². The molecule has 1 rings (SSSR count). The predicted octanol–water partition coefficient (Wildman–Crippen LogP) is 1.12. The molecule has 2 unspecified atom stereocenters. The van der Waals surface area contributed by atoms with Crippen molar-refractivity contribution in [3.05, 3.63) is 0 Å². The third-order valence-electron chi connectivity index (χ3n) is 2.58. The van der Waals surface area contributed by atoms with Crippen molar-refractivity contribution in [2.24, 2.45) is 5.92 Å². The average molecular weight is 259 g/mol. The highest BCUT2D eigenvalue weighted by molar-refractivity contribution is 5.76. The van der Waals surface area contributed by atoms with E-state index in [1.54, 1.807) is 27.7 Å². The summed E-state index contributed by atoms with van der Waals surface area (Å²) in [5, 5.41) is 9.94. The van der Waals surface area contributed by atoms with E-state index in [4.69, 9.17) is 9.47 Å². The van der Waals surface area contributed by atoms with E-state index in [-0.39, 0.29) is 6.61 Å². The molecule has 0 spiro atoms. The van der Waals surface area contributed by atoms with Gasteiger partial charge in [-0.25, -0.2) is 4.79 Å². The van der Waals surface area contributed by atoms with Crippen molar-refractivity contribution in [2.45, 2.75) is 45.9 Å². The normalized spacial score (nSPS) is 23.9. The summed E-state index contributed by atoms with van der Waals surface area (Å²) >= 11 is 0. The Bertz CT molecular complexity index is 323. The molecule has 0 aromatic rings. The van der Waals surface area contributed by atoms with Crippen LogP contribution in [0.5, 0.6) is 0 Å². The Morgan fingerprint density at radius 3 is 2.50 bits per heavy atom. The minimum absolute atomic E-state index is 0.258. The van der Waals surface area contributed by atoms with E-state index >= 15 is 0 Å². The summed E-state index contributed by atoms with van der Waals surface area (Å²) in [6.07, 6.45) is -1.39. The average Bonchev–Trinajstić information content (AvgIpc) is 2.57. The Morgan fingerprint density at radius 2 is 2.00 bits per heavy atom. The Balaban J connectivity index is 2.61. The molecule has 104 valence electrons. The molecule has 0 aromatic heterocycles. The van der Waals surface area contributed by atoms with Crippen LogP contribution in [0.1, 0.15) is 34.1 Å². The van der Waals surface area contributed by atoms with E-state index in [1.807, 2.05) is 0 Å². The quantitative estimate of drug-likeness (QED) is 0.752. The maximum Gasteiger partial charge on any atom is 0.412 e. The van der Waals surface area contributed by atoms with Gasteiger partial charge in [-0.05, 0) is 34.1 Å². The van der Waals surface area contributed by atoms with Gasteiger partial charge in [-0.2, -0.15) is 0 Å². The third kappa shape index (κ3) is 3.60. The highest BCUT2D eigenvalue weighted by Gasteiger charge is 2.42. The summed E-state index contributed by atoms with van der Waals surface area (Å²) in [5.74, 6) is -1.16. The molecule has 0 aromatic carbocycles. The van der Waals surface area contributed by atoms with Gasteiger partial charge in [0.2, 0.25) is 0 Å². The predicted molar refractivity (Wildman–Crippen MR) is 63.7 cm³/mol. The molecule has 18 heavy (non-hydrogen) atoms. The van der Waals surface area contributed by atoms with E-state index in [9.17, 15) is 14.7 Å². The number of hydrogen-bond donors (Lipinski definition) is 1. The van der Waals surface area contributed by atoms with E-state index in [1.165, 1.54) is 0 Å². The molecule has 1 fully saturated rings. The van der Waals surface area contributed by atoms with E-state index in [0.717, 1.165) is 4.90 Å². The minimum Gasteiger partial charge on any atom is -0.466 e. The topological polar surface area (TPSA) is 76.1 Å². The molecular formula is C12H21NO5. The number of hydrogen-bond acceptors (Lipinski definition) is 5. The molecule has 6 nitrogen and oxygen atoms in total. The van der Waals surface area contributed by atoms with Crippen molar-refractivity contribution in [1.82, 2.24) is 4.90 Å². The Labute approximate surface area is 107 Å². The fourth-order valence-corrected chi connectivity index (χ4v) is 1.79. The Hall–Kier alpha value is -1.30. The number of carbonyl (C=O) groups excluding carboxylic acids is 2. The van der Waals surface area contributed by atoms with Crippen LogP contribution in [0.15, 0.2) is 0 Å². The molecule has 0 saturated carbocycles. The van der Waals surface area contributed by atoms with Crippen LogP contribution in [0, 0.1) is 5.92 Å². The van der Waals surface area contributed by atoms with Gasteiger partial charge in [-0.1, -0.05) is 0 Å². The Morgan fingerprint density at radius 1 is 1.39 bits per heavy atom. The second-order valence-corrected chi connectivity index (χ2v) is 5.23. The highest BCUT2D eigenvalue weighted by atomic mass is 16.6. The van der Waals surface area contributed by atoms with Crippen LogP contribution < -0.4 is 0 Å². The third-order valence-corrected chi connectivity index (χ3v) is 2.58. The molecule has 2 atom stereocenters. The molecule has 0 aliphatic carbocycles. The second kappa shape index (κ2) is 5.56. The van der Waals surface area contributed by atoms with Gasteiger partial charge in [-0.3, -0.25) is 9.69 Å². The molecule has 1 aliphatic heterocycles. The number of aliphatic hydroxyl groups excluding tert-OH is 1. The fourth-order valence-electron chi connectivity index (χ4n) is 1.79. The molecular weight excluding hydrogens is 238 g/mol. The maximum absolute atomic E-state index is 11.8. The first-order chi connectivity index (χ1) is 8.26. The highest BCUT2D eigenvalue weighted by Crippen LogP contribution is 2.25. The summed E-state index contributed by atoms with van der Waals surface area (Å²) in [5.41, 5.74) is -0.626. The number of esters is 1. The van der Waals surface area contributed by atoms with Crippen LogP contribution in [-0.2, 0) is 14.3 Å². The van der Waals surface area contributed by atoms with Crippen LogP contribution in [-0.4, -0.2) is 47.0 Å². The summed E-state index contributed by atoms with van der Waals surface area (Å²) in [6, 6.07) is 0. The maximum atomic E-state index is 11.8. The number of nitrogens with zero attached hydrogens (tertiary/aromatic N) is 1. The SMILES string of the molecule is CCOC(=O)C1CCN(C(=O)OC(C)(C)C)C1O. The van der Waals surface area contributed by atoms with Gasteiger partial charge in [0, 0.05) is 6.54 Å². The number of rotatable bonds is 2. The van der Waals surface area contributed by atoms with Crippen LogP contribution in [0.25, 0.3) is 0 Å². The van der Waals surface area contributed by atoms with Gasteiger partial charge in [0.15, 0.2) is 0 Å². The molecule has 1 saturated heterocycles. The van der Waals surface area contributed by atoms with Gasteiger partial charge in [0.1, 0.15) is 17.7 Å². The van der Waals surface area contributed by atoms with Crippen molar-refractivity contribution < 1.29 is 24.2 Å². The summed E-state index contributed by atoms with van der Waals surface area (Å²) in [7, 11) is 0. The zero-order valence-electron chi connectivity index (χ0n) is 11.3. The lowest BCUT2D eigenvalue weighted by Crippen LogP contribution is -2.42. The summed E-state index contributed by atoms with van der Waals surface area (Å²) in [6.45, 7) is 7.49. The largest absolute Gasteiger partial charge is 0.466 e. The fraction of sp³-hybridized carbons (Fsp3) is 0.833. The van der Waals surface area contributed by atoms with Gasteiger partial charge >= 0.3 is 12.1 Å². The minimum atomic E-state index is -1.17. The molecule has 1 amide bonds. The lowest BCUT2D eigenvalue weighted by Gasteiger charge is -2.27. The summed E-state index contributed by atoms with van der Waals surface area (Å²) < 4.78 is 10.0. The monoisotopic (exact) mass is 259 g/mol. The molecule has 1 aliphatic rings. The van der Waals surface area contributed by atoms with Crippen molar-refractivity contribution in [2.75, 3.05) is 13.2 Å². The van der Waals surface area contributed by atoms with Crippen molar-refractivity contribution in [1.29, 1.82) is 0 Å². The molecule has 0 bridgehead atoms. The van der Waals surface area contributed by atoms with Gasteiger partial charge in [-0.15, -0.1) is 0 Å². The van der Waals surface area contributed by atoms with E-state index in [0.29, 0.717) is 13.0 Å². The van der Waals surface area contributed by atoms with E-state index in [2.05, 4.69) is 0 Å². The van der Waals surface area contributed by atoms with E-state index < -0.39 is 29.8 Å². The summed E-state index contributed by atoms with van der Waals surface area (Å²) in [4.78, 5) is 24.5. The number of carbonyl (C=O) groups is 2. The van der Waals surface area contributed by atoms with Gasteiger partial charge in [0.25, 0.3) is 0 Å². The first-order valence-corrected chi connectivity index (χ1v) is 6.10. The van der Waals surface area contributed by atoms with Crippen LogP contribution >= 0.6 is 0 Å². The molecule has 1 heterocycles. The zero-order valence-corrected chi connectivity index (χ0v) is 11.3. The molecule has 0 radical (unpaired) electrons. The van der Waals surface area contributed by atoms with Crippen LogP contribution in [0.4, 0.5) is 4.79 Å². The van der Waals surface area contributed by atoms with Crippen LogP contribution in [0.2, 0.25) is 0 Å². The van der Waals surface area contributed by atoms with Gasteiger partial charge in [0.05, 0.1) is 6.61 Å². The molecule has 6 heteroatoms. The second-order valence-electron chi connectivity index (χ2n) is 5.23. The van der Waals surface area contributed by atoms with Crippen molar-refractivity contribution >= 4 is 12.1 Å². The Kier molecular flexibility index (Phi) is 4.56. The number of aliphatic hydroxyl groups is 1. The number of ether oxygens (including phenoxy) is 2. The molecule has 1 N–H and O–H groups in total. The lowest BCUT2D eigenvalue weighted by atomic mass is 10.1. The number of amides is 1.